The number of nitrogens with one attached hydrogen (secondary N) is 1. The van der Waals surface area contributed by atoms with Crippen LogP contribution in [0.3, 0.4) is 0 Å². The first-order chi connectivity index (χ1) is 32.8. The van der Waals surface area contributed by atoms with Gasteiger partial charge in [-0.2, -0.15) is 0 Å². The van der Waals surface area contributed by atoms with Crippen molar-refractivity contribution in [3.63, 3.8) is 0 Å². The van der Waals surface area contributed by atoms with Crippen LogP contribution in [0, 0.1) is 17.8 Å². The molecule has 1 fully saturated rings. The maximum atomic E-state index is 14.6. The van der Waals surface area contributed by atoms with Crippen molar-refractivity contribution in [2.45, 2.75) is 147 Å². The lowest BCUT2D eigenvalue weighted by molar-refractivity contribution is -0.256. The highest BCUT2D eigenvalue weighted by atomic mass is 16.7. The van der Waals surface area contributed by atoms with Gasteiger partial charge in [0.1, 0.15) is 24.7 Å². The van der Waals surface area contributed by atoms with Gasteiger partial charge < -0.3 is 39.3 Å². The van der Waals surface area contributed by atoms with Gasteiger partial charge in [0.2, 0.25) is 5.79 Å². The van der Waals surface area contributed by atoms with Crippen molar-refractivity contribution in [3.05, 3.63) is 96.1 Å². The summed E-state index contributed by atoms with van der Waals surface area (Å²) >= 11 is 0. The topological polar surface area (TPSA) is 148 Å². The number of unbranched alkanes of at least 4 members (excludes halogenated alkanes) is 11. The van der Waals surface area contributed by atoms with Crippen molar-refractivity contribution in [2.24, 2.45) is 22.9 Å². The Hall–Kier alpha value is -4.91. The standard InChI is InChI=1S/C55H77N3O9/c1-5-8-9-10-11-12-13-14-15-20-32-56-53(61)66-43-30-31-49-47(37-43)51-45(29-19-22-34-60)41(25-18-21-33-59)36-46-48(57-63-4)38-50(55(67-49,52(46)51)65-35-6-2)58(54(62)64-7-3)39-42-27-23-26-40-24-16-17-28-44(40)42/h6,16-17,23-24,26-28,30-31,36-37,41,45,50-52,59-60H,2,5,7-15,18-22,25,29,32-35,38-39H2,1,3-4H3,(H,56,61). The smallest absolute Gasteiger partial charge is 0.412 e. The van der Waals surface area contributed by atoms with E-state index in [-0.39, 0.29) is 57.1 Å². The Balaban J connectivity index is 1.40. The third-order valence-electron chi connectivity index (χ3n) is 14.0. The molecular formula is C55H77N3O9. The zero-order chi connectivity index (χ0) is 47.4. The van der Waals surface area contributed by atoms with Gasteiger partial charge in [0.25, 0.3) is 0 Å². The van der Waals surface area contributed by atoms with Crippen molar-refractivity contribution in [3.8, 4) is 11.5 Å². The molecular weight excluding hydrogens is 847 g/mol. The molecule has 3 aromatic carbocycles. The number of carbonyl (C=O) groups excluding carboxylic acids is 2. The fourth-order valence-electron chi connectivity index (χ4n) is 10.9. The molecule has 0 saturated heterocycles. The zero-order valence-corrected chi connectivity index (χ0v) is 40.4. The van der Waals surface area contributed by atoms with E-state index >= 15 is 0 Å². The van der Waals surface area contributed by atoms with E-state index in [1.807, 2.05) is 36.4 Å². The van der Waals surface area contributed by atoms with Crippen LogP contribution in [-0.4, -0.2) is 84.9 Å². The molecule has 366 valence electrons. The molecule has 0 aromatic heterocycles. The van der Waals surface area contributed by atoms with Gasteiger partial charge >= 0.3 is 12.2 Å². The van der Waals surface area contributed by atoms with Crippen molar-refractivity contribution >= 4 is 28.7 Å². The number of hydrogen-bond donors (Lipinski definition) is 3. The van der Waals surface area contributed by atoms with Crippen LogP contribution in [0.2, 0.25) is 0 Å². The number of allylic oxidation sites excluding steroid dienone is 1. The molecule has 12 heteroatoms. The van der Waals surface area contributed by atoms with Crippen LogP contribution in [0.4, 0.5) is 9.59 Å². The molecule has 2 amide bonds. The second kappa shape index (κ2) is 26.6. The molecule has 0 bridgehead atoms. The largest absolute Gasteiger partial charge is 0.459 e. The van der Waals surface area contributed by atoms with Crippen LogP contribution in [0.5, 0.6) is 11.5 Å². The van der Waals surface area contributed by atoms with E-state index in [4.69, 9.17) is 28.9 Å². The van der Waals surface area contributed by atoms with Crippen LogP contribution >= 0.6 is 0 Å². The summed E-state index contributed by atoms with van der Waals surface area (Å²) in [6.07, 6.45) is 19.8. The summed E-state index contributed by atoms with van der Waals surface area (Å²) in [4.78, 5) is 35.3. The number of nitrogens with zero attached hydrogens (tertiary/aromatic N) is 2. The Labute approximate surface area is 399 Å². The molecule has 2 aliphatic carbocycles. The van der Waals surface area contributed by atoms with E-state index in [1.165, 1.54) is 52.1 Å². The first kappa shape index (κ1) is 51.5. The summed E-state index contributed by atoms with van der Waals surface area (Å²) in [7, 11) is 1.53. The van der Waals surface area contributed by atoms with Crippen LogP contribution in [-0.2, 0) is 20.9 Å². The van der Waals surface area contributed by atoms with Crippen LogP contribution < -0.4 is 14.8 Å². The van der Waals surface area contributed by atoms with Crippen molar-refractivity contribution < 1.29 is 43.6 Å². The van der Waals surface area contributed by atoms with Gasteiger partial charge in [-0.25, -0.2) is 9.59 Å². The number of hydrogen-bond acceptors (Lipinski definition) is 10. The van der Waals surface area contributed by atoms with E-state index in [2.05, 4.69) is 43.1 Å². The Bertz CT molecular complexity index is 2100. The maximum Gasteiger partial charge on any atom is 0.412 e. The summed E-state index contributed by atoms with van der Waals surface area (Å²) in [6, 6.07) is 19.0. The summed E-state index contributed by atoms with van der Waals surface area (Å²) in [5.41, 5.74) is 3.40. The van der Waals surface area contributed by atoms with Crippen LogP contribution in [0.15, 0.2) is 90.1 Å². The highest BCUT2D eigenvalue weighted by Crippen LogP contribution is 2.62. The number of amides is 2. The number of fused-ring (bicyclic) bond motifs is 3. The Morgan fingerprint density at radius 1 is 0.896 bits per heavy atom. The highest BCUT2D eigenvalue weighted by Gasteiger charge is 2.65. The Morgan fingerprint density at radius 2 is 1.61 bits per heavy atom. The Kier molecular flexibility index (Phi) is 20.4. The minimum atomic E-state index is -1.47. The first-order valence-electron chi connectivity index (χ1n) is 25.3. The first-order valence-corrected chi connectivity index (χ1v) is 25.3. The number of carbonyl (C=O) groups is 2. The lowest BCUT2D eigenvalue weighted by Crippen LogP contribution is -2.70. The van der Waals surface area contributed by atoms with E-state index in [0.29, 0.717) is 36.6 Å². The third-order valence-corrected chi connectivity index (χ3v) is 14.0. The minimum absolute atomic E-state index is 0.00502. The number of aliphatic hydroxyl groups excluding tert-OH is 2. The van der Waals surface area contributed by atoms with Crippen LogP contribution in [0.1, 0.15) is 140 Å². The van der Waals surface area contributed by atoms with Crippen molar-refractivity contribution in [2.75, 3.05) is 40.1 Å². The molecule has 3 N–H and O–H groups in total. The summed E-state index contributed by atoms with van der Waals surface area (Å²) in [5.74, 6) is -1.26. The van der Waals surface area contributed by atoms with Gasteiger partial charge in [-0.15, -0.1) is 6.58 Å². The molecule has 1 aliphatic heterocycles. The predicted octanol–water partition coefficient (Wildman–Crippen LogP) is 11.8. The molecule has 67 heavy (non-hydrogen) atoms. The van der Waals surface area contributed by atoms with Crippen molar-refractivity contribution in [1.82, 2.24) is 10.2 Å². The predicted molar refractivity (Wildman–Crippen MR) is 264 cm³/mol. The number of rotatable bonds is 28. The lowest BCUT2D eigenvalue weighted by Gasteiger charge is -2.59. The van der Waals surface area contributed by atoms with E-state index in [9.17, 15) is 19.8 Å². The van der Waals surface area contributed by atoms with Gasteiger partial charge in [0.05, 0.1) is 31.4 Å². The van der Waals surface area contributed by atoms with E-state index in [1.54, 1.807) is 24.0 Å². The lowest BCUT2D eigenvalue weighted by atomic mass is 9.55. The van der Waals surface area contributed by atoms with E-state index < -0.39 is 29.9 Å². The quantitative estimate of drug-likeness (QED) is 0.0368. The van der Waals surface area contributed by atoms with Gasteiger partial charge in [-0.1, -0.05) is 137 Å². The molecule has 1 saturated carbocycles. The number of benzene rings is 3. The zero-order valence-electron chi connectivity index (χ0n) is 40.4. The van der Waals surface area contributed by atoms with E-state index in [0.717, 1.165) is 72.4 Å². The summed E-state index contributed by atoms with van der Waals surface area (Å²) < 4.78 is 26.4. The molecule has 3 aliphatic rings. The number of aliphatic hydroxyl groups is 2. The molecule has 3 aromatic rings. The fourth-order valence-corrected chi connectivity index (χ4v) is 10.9. The summed E-state index contributed by atoms with van der Waals surface area (Å²) in [5, 5.41) is 29.7. The second-order valence-electron chi connectivity index (χ2n) is 18.4. The fraction of sp³-hybridized carbons (Fsp3) is 0.582. The second-order valence-corrected chi connectivity index (χ2v) is 18.4. The Morgan fingerprint density at radius 3 is 2.33 bits per heavy atom. The maximum absolute atomic E-state index is 14.6. The molecule has 6 atom stereocenters. The van der Waals surface area contributed by atoms with Crippen LogP contribution in [0.25, 0.3) is 10.8 Å². The monoisotopic (exact) mass is 924 g/mol. The average molecular weight is 924 g/mol. The molecule has 1 heterocycles. The summed E-state index contributed by atoms with van der Waals surface area (Å²) in [6.45, 7) is 9.28. The highest BCUT2D eigenvalue weighted by molar-refractivity contribution is 6.03. The van der Waals surface area contributed by atoms with Crippen molar-refractivity contribution in [1.29, 1.82) is 0 Å². The number of oxime groups is 1. The van der Waals surface area contributed by atoms with Gasteiger partial charge in [0.15, 0.2) is 0 Å². The van der Waals surface area contributed by atoms with Gasteiger partial charge in [-0.05, 0) is 91.0 Å². The molecule has 0 radical (unpaired) electrons. The number of ether oxygens (including phenoxy) is 4. The molecule has 6 unspecified atom stereocenters. The third kappa shape index (κ3) is 13.0. The normalized spacial score (nSPS) is 22.3. The molecule has 12 nitrogen and oxygen atoms in total. The van der Waals surface area contributed by atoms with Gasteiger partial charge in [0, 0.05) is 37.7 Å². The molecule has 0 spiro atoms. The SMILES string of the molecule is C=CCOC12Oc3ccc(OC(=O)NCCCCCCCCCCCC)cc3C3C(CCCCO)C(CCCCO)C=C(C(=NOC)CC1N(Cc1cccc4ccccc14)C(=O)OCC)C32. The molecule has 6 rings (SSSR count). The minimum Gasteiger partial charge on any atom is -0.459 e. The van der Waals surface area contributed by atoms with Gasteiger partial charge in [-0.3, -0.25) is 4.90 Å². The average Bonchev–Trinajstić information content (AvgIpc) is 3.33.